The van der Waals surface area contributed by atoms with E-state index in [-0.39, 0.29) is 12.5 Å². The normalized spacial score (nSPS) is 12.7. The molecule has 2 unspecified atom stereocenters. The van der Waals surface area contributed by atoms with Gasteiger partial charge in [-0.25, -0.2) is 0 Å². The highest BCUT2D eigenvalue weighted by molar-refractivity contribution is 5.76. The van der Waals surface area contributed by atoms with E-state index in [1.165, 1.54) is 327 Å². The van der Waals surface area contributed by atoms with Crippen LogP contribution in [-0.4, -0.2) is 34.9 Å². The van der Waals surface area contributed by atoms with Gasteiger partial charge in [-0.1, -0.05) is 360 Å². The number of carbonyl (C=O) groups excluding carboxylic acids is 1. The number of unbranched alkanes of at least 4 members (excludes halogenated alkanes) is 53. The molecule has 2 atom stereocenters. The average molecular weight is 959 g/mol. The Hall–Kier alpha value is -0.870. The second kappa shape index (κ2) is 60.4. The summed E-state index contributed by atoms with van der Waals surface area (Å²) >= 11 is 0. The number of nitrogens with one attached hydrogen (secondary N) is 1. The van der Waals surface area contributed by atoms with Crippen LogP contribution in [-0.2, 0) is 4.79 Å². The van der Waals surface area contributed by atoms with Gasteiger partial charge in [-0.05, 0) is 19.3 Å². The summed E-state index contributed by atoms with van der Waals surface area (Å²) in [5.41, 5.74) is 0. The van der Waals surface area contributed by atoms with E-state index in [0.717, 1.165) is 25.7 Å². The Bertz CT molecular complexity index is 952. The van der Waals surface area contributed by atoms with E-state index < -0.39 is 12.1 Å². The molecular weight excluding hydrogens is 831 g/mol. The third-order valence-corrected chi connectivity index (χ3v) is 15.3. The van der Waals surface area contributed by atoms with E-state index in [9.17, 15) is 15.0 Å². The summed E-state index contributed by atoms with van der Waals surface area (Å²) < 4.78 is 0. The molecule has 0 saturated carbocycles. The standard InChI is InChI=1S/C64H127NO3/c1-3-5-7-9-11-13-15-17-19-21-23-25-27-28-29-30-31-32-33-34-35-36-37-38-40-42-44-46-48-50-52-54-56-58-60-64(68)65-62(61-66)63(67)59-57-55-53-51-49-47-45-43-41-39-26-24-22-20-18-16-14-12-10-8-6-4-2/h57,59,62-63,66-67H,3-56,58,60-61H2,1-2H3,(H,65,68)/b59-57+. The van der Waals surface area contributed by atoms with Gasteiger partial charge in [-0.2, -0.15) is 0 Å². The predicted octanol–water partition coefficient (Wildman–Crippen LogP) is 21.3. The molecule has 0 aliphatic carbocycles. The number of hydrogen-bond donors (Lipinski definition) is 3. The summed E-state index contributed by atoms with van der Waals surface area (Å²) in [6.45, 7) is 4.36. The van der Waals surface area contributed by atoms with Crippen molar-refractivity contribution < 1.29 is 15.0 Å². The Morgan fingerprint density at radius 1 is 0.338 bits per heavy atom. The lowest BCUT2D eigenvalue weighted by molar-refractivity contribution is -0.123. The number of allylic oxidation sites excluding steroid dienone is 1. The summed E-state index contributed by atoms with van der Waals surface area (Å²) in [4.78, 5) is 12.5. The first-order valence-corrected chi connectivity index (χ1v) is 31.9. The third-order valence-electron chi connectivity index (χ3n) is 15.3. The van der Waals surface area contributed by atoms with Crippen LogP contribution in [0.2, 0.25) is 0 Å². The van der Waals surface area contributed by atoms with E-state index >= 15 is 0 Å². The van der Waals surface area contributed by atoms with Gasteiger partial charge in [0.1, 0.15) is 0 Å². The van der Waals surface area contributed by atoms with Crippen LogP contribution in [0, 0.1) is 0 Å². The summed E-state index contributed by atoms with van der Waals surface area (Å²) in [7, 11) is 0. The van der Waals surface area contributed by atoms with E-state index in [2.05, 4.69) is 19.2 Å². The van der Waals surface area contributed by atoms with E-state index in [1.807, 2.05) is 6.08 Å². The predicted molar refractivity (Wildman–Crippen MR) is 304 cm³/mol. The Morgan fingerprint density at radius 3 is 0.765 bits per heavy atom. The minimum absolute atomic E-state index is 0.0542. The molecular formula is C64H127NO3. The first-order valence-electron chi connectivity index (χ1n) is 31.9. The van der Waals surface area contributed by atoms with Crippen LogP contribution in [0.3, 0.4) is 0 Å². The minimum atomic E-state index is -0.836. The van der Waals surface area contributed by atoms with Crippen LogP contribution in [0.5, 0.6) is 0 Å². The highest BCUT2D eigenvalue weighted by Gasteiger charge is 2.18. The van der Waals surface area contributed by atoms with Crippen LogP contribution in [0.15, 0.2) is 12.2 Å². The number of amides is 1. The lowest BCUT2D eigenvalue weighted by Crippen LogP contribution is -2.45. The van der Waals surface area contributed by atoms with Crippen molar-refractivity contribution in [3.05, 3.63) is 12.2 Å². The smallest absolute Gasteiger partial charge is 0.220 e. The van der Waals surface area contributed by atoms with E-state index in [4.69, 9.17) is 0 Å². The Morgan fingerprint density at radius 2 is 0.544 bits per heavy atom. The van der Waals surface area contributed by atoms with Crippen molar-refractivity contribution in [3.63, 3.8) is 0 Å². The molecule has 0 aliphatic heterocycles. The average Bonchev–Trinajstić information content (AvgIpc) is 3.34. The molecule has 0 aliphatic rings. The molecule has 0 bridgehead atoms. The molecule has 406 valence electrons. The Labute approximate surface area is 428 Å². The van der Waals surface area contributed by atoms with Crippen molar-refractivity contribution in [1.82, 2.24) is 5.32 Å². The van der Waals surface area contributed by atoms with Crippen LogP contribution < -0.4 is 5.32 Å². The molecule has 1 amide bonds. The second-order valence-corrected chi connectivity index (χ2v) is 22.2. The van der Waals surface area contributed by atoms with Crippen molar-refractivity contribution in [3.8, 4) is 0 Å². The number of hydrogen-bond acceptors (Lipinski definition) is 3. The topological polar surface area (TPSA) is 69.6 Å². The molecule has 0 heterocycles. The fourth-order valence-corrected chi connectivity index (χ4v) is 10.4. The van der Waals surface area contributed by atoms with Gasteiger partial charge < -0.3 is 15.5 Å². The first-order chi connectivity index (χ1) is 33.7. The van der Waals surface area contributed by atoms with Gasteiger partial charge in [-0.3, -0.25) is 4.79 Å². The van der Waals surface area contributed by atoms with Crippen LogP contribution in [0.1, 0.15) is 373 Å². The summed E-state index contributed by atoms with van der Waals surface area (Å²) in [6, 6.07) is -0.619. The number of carbonyl (C=O) groups is 1. The zero-order valence-corrected chi connectivity index (χ0v) is 46.9. The molecule has 0 fully saturated rings. The third kappa shape index (κ3) is 56.0. The van der Waals surface area contributed by atoms with Gasteiger partial charge >= 0.3 is 0 Å². The maximum absolute atomic E-state index is 12.5. The van der Waals surface area contributed by atoms with Crippen molar-refractivity contribution in [1.29, 1.82) is 0 Å². The molecule has 0 radical (unpaired) electrons. The van der Waals surface area contributed by atoms with Gasteiger partial charge in [0.25, 0.3) is 0 Å². The molecule has 0 rings (SSSR count). The summed E-state index contributed by atoms with van der Waals surface area (Å²) in [5, 5.41) is 23.2. The molecule has 0 saturated heterocycles. The Kier molecular flexibility index (Phi) is 59.7. The fourth-order valence-electron chi connectivity index (χ4n) is 10.4. The SMILES string of the molecule is CCCCCCCCCCCCCCCCCCCCCC/C=C/C(O)C(CO)NC(=O)CCCCCCCCCCCCCCCCCCCCCCCCCCCCCCCCCCCC. The van der Waals surface area contributed by atoms with Gasteiger partial charge in [0.2, 0.25) is 5.91 Å². The van der Waals surface area contributed by atoms with Crippen LogP contribution in [0.25, 0.3) is 0 Å². The minimum Gasteiger partial charge on any atom is -0.394 e. The van der Waals surface area contributed by atoms with Gasteiger partial charge in [0, 0.05) is 6.42 Å². The number of rotatable bonds is 60. The fraction of sp³-hybridized carbons (Fsp3) is 0.953. The van der Waals surface area contributed by atoms with Gasteiger partial charge in [0.15, 0.2) is 0 Å². The maximum atomic E-state index is 12.5. The zero-order valence-electron chi connectivity index (χ0n) is 46.9. The van der Waals surface area contributed by atoms with Crippen LogP contribution in [0.4, 0.5) is 0 Å². The van der Waals surface area contributed by atoms with Gasteiger partial charge in [-0.15, -0.1) is 0 Å². The second-order valence-electron chi connectivity index (χ2n) is 22.2. The Balaban J connectivity index is 3.39. The zero-order chi connectivity index (χ0) is 49.2. The van der Waals surface area contributed by atoms with Crippen LogP contribution >= 0.6 is 0 Å². The maximum Gasteiger partial charge on any atom is 0.220 e. The van der Waals surface area contributed by atoms with Crippen molar-refractivity contribution in [2.75, 3.05) is 6.61 Å². The molecule has 68 heavy (non-hydrogen) atoms. The van der Waals surface area contributed by atoms with Crippen molar-refractivity contribution in [2.45, 2.75) is 386 Å². The van der Waals surface area contributed by atoms with Gasteiger partial charge in [0.05, 0.1) is 18.8 Å². The summed E-state index contributed by atoms with van der Waals surface area (Å²) in [6.07, 6.45) is 79.9. The molecule has 0 spiro atoms. The lowest BCUT2D eigenvalue weighted by Gasteiger charge is -2.20. The highest BCUT2D eigenvalue weighted by Crippen LogP contribution is 2.19. The largest absolute Gasteiger partial charge is 0.394 e. The highest BCUT2D eigenvalue weighted by atomic mass is 16.3. The number of aliphatic hydroxyl groups excluding tert-OH is 2. The van der Waals surface area contributed by atoms with E-state index in [1.54, 1.807) is 6.08 Å². The molecule has 3 N–H and O–H groups in total. The summed E-state index contributed by atoms with van der Waals surface area (Å²) in [5.74, 6) is -0.0542. The first kappa shape index (κ1) is 67.1. The molecule has 0 aromatic carbocycles. The lowest BCUT2D eigenvalue weighted by atomic mass is 10.0. The molecule has 4 nitrogen and oxygen atoms in total. The number of aliphatic hydroxyl groups is 2. The van der Waals surface area contributed by atoms with Crippen molar-refractivity contribution in [2.24, 2.45) is 0 Å². The van der Waals surface area contributed by atoms with Crippen molar-refractivity contribution >= 4 is 5.91 Å². The van der Waals surface area contributed by atoms with E-state index in [0.29, 0.717) is 6.42 Å². The molecule has 0 aromatic rings. The molecule has 4 heteroatoms. The quantitative estimate of drug-likeness (QED) is 0.0420. The monoisotopic (exact) mass is 958 g/mol. The molecule has 0 aromatic heterocycles.